The molecule has 2 heteroatoms. The van der Waals surface area contributed by atoms with Gasteiger partial charge in [-0.2, -0.15) is 0 Å². The van der Waals surface area contributed by atoms with Gasteiger partial charge in [0.2, 0.25) is 0 Å². The average molecular weight is 639 g/mol. The van der Waals surface area contributed by atoms with Crippen molar-refractivity contribution in [3.63, 3.8) is 0 Å². The molecule has 2 nitrogen and oxygen atoms in total. The molecular weight excluding hydrogens is 605 g/mol. The Hall–Kier alpha value is -6.64. The van der Waals surface area contributed by atoms with E-state index in [1.165, 1.54) is 55.2 Å². The predicted octanol–water partition coefficient (Wildman–Crippen LogP) is 13.3. The minimum Gasteiger partial charge on any atom is -0.310 e. The summed E-state index contributed by atoms with van der Waals surface area (Å²) >= 11 is 0. The van der Waals surface area contributed by atoms with Crippen LogP contribution in [-0.2, 0) is 0 Å². The van der Waals surface area contributed by atoms with Crippen LogP contribution in [0.2, 0.25) is 0 Å². The number of fused-ring (bicyclic) bond motifs is 3. The molecule has 8 aromatic carbocycles. The molecule has 0 spiro atoms. The number of para-hydroxylation sites is 1. The van der Waals surface area contributed by atoms with Gasteiger partial charge in [0.05, 0.1) is 11.0 Å². The molecule has 0 aliphatic carbocycles. The van der Waals surface area contributed by atoms with E-state index in [1.807, 2.05) is 0 Å². The Morgan fingerprint density at radius 3 is 1.38 bits per heavy atom. The van der Waals surface area contributed by atoms with Gasteiger partial charge in [-0.15, -0.1) is 0 Å². The quantitative estimate of drug-likeness (QED) is 0.169. The van der Waals surface area contributed by atoms with Crippen molar-refractivity contribution in [2.24, 2.45) is 0 Å². The lowest BCUT2D eigenvalue weighted by Crippen LogP contribution is -2.10. The molecule has 1 aromatic heterocycles. The SMILES string of the molecule is c1ccc(-c2cccc(N(c3cccc(-c4ccccc4)c3)c3ccc4c(c3)c3c(-c5ccccc5)cccc3n4-c3ccccc3)c2)cc1. The molecule has 236 valence electrons. The van der Waals surface area contributed by atoms with E-state index in [1.54, 1.807) is 0 Å². The smallest absolute Gasteiger partial charge is 0.0547 e. The Morgan fingerprint density at radius 2 is 0.800 bits per heavy atom. The topological polar surface area (TPSA) is 8.17 Å². The second-order valence-corrected chi connectivity index (χ2v) is 12.6. The maximum Gasteiger partial charge on any atom is 0.0547 e. The van der Waals surface area contributed by atoms with E-state index >= 15 is 0 Å². The molecular formula is C48H34N2. The highest BCUT2D eigenvalue weighted by atomic mass is 15.1. The van der Waals surface area contributed by atoms with Crippen LogP contribution in [0.25, 0.3) is 60.9 Å². The van der Waals surface area contributed by atoms with E-state index in [4.69, 9.17) is 0 Å². The largest absolute Gasteiger partial charge is 0.310 e. The van der Waals surface area contributed by atoms with Crippen LogP contribution >= 0.6 is 0 Å². The van der Waals surface area contributed by atoms with Crippen molar-refractivity contribution in [2.75, 3.05) is 4.90 Å². The van der Waals surface area contributed by atoms with Crippen molar-refractivity contribution >= 4 is 38.9 Å². The van der Waals surface area contributed by atoms with Gasteiger partial charge in [0, 0.05) is 33.5 Å². The fraction of sp³-hybridized carbons (Fsp3) is 0. The van der Waals surface area contributed by atoms with Crippen molar-refractivity contribution in [1.29, 1.82) is 0 Å². The molecule has 0 aliphatic rings. The minimum absolute atomic E-state index is 1.10. The molecule has 0 bridgehead atoms. The first-order valence-corrected chi connectivity index (χ1v) is 17.1. The maximum atomic E-state index is 2.40. The summed E-state index contributed by atoms with van der Waals surface area (Å²) in [5, 5.41) is 2.46. The van der Waals surface area contributed by atoms with Crippen LogP contribution in [-0.4, -0.2) is 4.57 Å². The summed E-state index contributed by atoms with van der Waals surface area (Å²) < 4.78 is 2.40. The first kappa shape index (κ1) is 29.5. The van der Waals surface area contributed by atoms with E-state index in [-0.39, 0.29) is 0 Å². The van der Waals surface area contributed by atoms with Crippen molar-refractivity contribution in [2.45, 2.75) is 0 Å². The Labute approximate surface area is 292 Å². The zero-order valence-electron chi connectivity index (χ0n) is 27.5. The standard InChI is InChI=1S/C48H34N2/c1-5-16-35(17-6-1)38-22-13-26-41(32-38)49(42-27-14-23-39(33-42)36-18-7-2-8-19-36)43-30-31-46-45(34-43)48-44(37-20-9-3-10-21-37)28-15-29-47(48)50(46)40-24-11-4-12-25-40/h1-34H. The molecule has 9 aromatic rings. The summed E-state index contributed by atoms with van der Waals surface area (Å²) in [7, 11) is 0. The lowest BCUT2D eigenvalue weighted by Gasteiger charge is -2.27. The van der Waals surface area contributed by atoms with Gasteiger partial charge >= 0.3 is 0 Å². The zero-order valence-corrected chi connectivity index (χ0v) is 27.5. The normalized spacial score (nSPS) is 11.2. The zero-order chi connectivity index (χ0) is 33.3. The fourth-order valence-corrected chi connectivity index (χ4v) is 7.27. The van der Waals surface area contributed by atoms with Crippen molar-refractivity contribution < 1.29 is 0 Å². The summed E-state index contributed by atoms with van der Waals surface area (Å²) in [6.07, 6.45) is 0. The second-order valence-electron chi connectivity index (χ2n) is 12.6. The summed E-state index contributed by atoms with van der Waals surface area (Å²) in [5.41, 5.74) is 14.0. The van der Waals surface area contributed by atoms with E-state index in [9.17, 15) is 0 Å². The first-order valence-electron chi connectivity index (χ1n) is 17.1. The minimum atomic E-state index is 1.10. The Bertz CT molecular complexity index is 2490. The summed E-state index contributed by atoms with van der Waals surface area (Å²) in [6, 6.07) is 74.1. The number of benzene rings is 8. The van der Waals surface area contributed by atoms with E-state index < -0.39 is 0 Å². The highest BCUT2D eigenvalue weighted by molar-refractivity contribution is 6.16. The third-order valence-corrected chi connectivity index (χ3v) is 9.55. The number of anilines is 3. The Morgan fingerprint density at radius 1 is 0.320 bits per heavy atom. The van der Waals surface area contributed by atoms with Crippen LogP contribution in [0.5, 0.6) is 0 Å². The van der Waals surface area contributed by atoms with Crippen LogP contribution < -0.4 is 4.90 Å². The number of hydrogen-bond donors (Lipinski definition) is 0. The van der Waals surface area contributed by atoms with Crippen molar-refractivity contribution in [3.05, 3.63) is 206 Å². The Balaban J connectivity index is 1.31. The van der Waals surface area contributed by atoms with Crippen LogP contribution in [0.15, 0.2) is 206 Å². The molecule has 50 heavy (non-hydrogen) atoms. The molecule has 0 atom stereocenters. The van der Waals surface area contributed by atoms with Gasteiger partial charge in [-0.1, -0.05) is 146 Å². The van der Waals surface area contributed by atoms with Gasteiger partial charge in [-0.25, -0.2) is 0 Å². The second kappa shape index (κ2) is 12.8. The molecule has 0 N–H and O–H groups in total. The number of rotatable bonds is 7. The van der Waals surface area contributed by atoms with E-state index in [0.717, 1.165) is 22.7 Å². The third-order valence-electron chi connectivity index (χ3n) is 9.55. The lowest BCUT2D eigenvalue weighted by molar-refractivity contribution is 1.18. The third kappa shape index (κ3) is 5.34. The Kier molecular flexibility index (Phi) is 7.53. The summed E-state index contributed by atoms with van der Waals surface area (Å²) in [4.78, 5) is 2.40. The van der Waals surface area contributed by atoms with Gasteiger partial charge in [0.1, 0.15) is 0 Å². The maximum absolute atomic E-state index is 2.40. The number of aromatic nitrogens is 1. The van der Waals surface area contributed by atoms with E-state index in [2.05, 4.69) is 216 Å². The van der Waals surface area contributed by atoms with Gasteiger partial charge in [-0.05, 0) is 94.0 Å². The molecule has 0 amide bonds. The van der Waals surface area contributed by atoms with Gasteiger partial charge in [0.15, 0.2) is 0 Å². The molecule has 0 fully saturated rings. The van der Waals surface area contributed by atoms with Gasteiger partial charge in [0.25, 0.3) is 0 Å². The molecule has 0 saturated carbocycles. The average Bonchev–Trinajstić information content (AvgIpc) is 3.54. The van der Waals surface area contributed by atoms with Gasteiger partial charge in [-0.3, -0.25) is 0 Å². The van der Waals surface area contributed by atoms with E-state index in [0.29, 0.717) is 0 Å². The molecule has 0 unspecified atom stereocenters. The van der Waals surface area contributed by atoms with Crippen LogP contribution in [0.3, 0.4) is 0 Å². The van der Waals surface area contributed by atoms with Crippen molar-refractivity contribution in [1.82, 2.24) is 4.57 Å². The summed E-state index contributed by atoms with van der Waals surface area (Å²) in [5.74, 6) is 0. The molecule has 0 aliphatic heterocycles. The van der Waals surface area contributed by atoms with Crippen molar-refractivity contribution in [3.8, 4) is 39.1 Å². The lowest BCUT2D eigenvalue weighted by atomic mass is 9.99. The molecule has 1 heterocycles. The van der Waals surface area contributed by atoms with Gasteiger partial charge < -0.3 is 9.47 Å². The highest BCUT2D eigenvalue weighted by Crippen LogP contribution is 2.43. The highest BCUT2D eigenvalue weighted by Gasteiger charge is 2.20. The predicted molar refractivity (Wildman–Crippen MR) is 212 cm³/mol. The monoisotopic (exact) mass is 638 g/mol. The summed E-state index contributed by atoms with van der Waals surface area (Å²) in [6.45, 7) is 0. The molecule has 9 rings (SSSR count). The fourth-order valence-electron chi connectivity index (χ4n) is 7.27. The number of hydrogen-bond acceptors (Lipinski definition) is 1. The molecule has 0 radical (unpaired) electrons. The first-order chi connectivity index (χ1) is 24.8. The molecule has 0 saturated heterocycles. The van der Waals surface area contributed by atoms with Crippen LogP contribution in [0.4, 0.5) is 17.1 Å². The number of nitrogens with zero attached hydrogens (tertiary/aromatic N) is 2. The van der Waals surface area contributed by atoms with Crippen LogP contribution in [0.1, 0.15) is 0 Å². The van der Waals surface area contributed by atoms with Crippen LogP contribution in [0, 0.1) is 0 Å².